The van der Waals surface area contributed by atoms with Crippen molar-refractivity contribution < 1.29 is 18.3 Å². The summed E-state index contributed by atoms with van der Waals surface area (Å²) in [5.41, 5.74) is 1.04. The Kier molecular flexibility index (Phi) is 7.19. The Bertz CT molecular complexity index is 763. The van der Waals surface area contributed by atoms with Crippen molar-refractivity contribution in [2.45, 2.75) is 6.42 Å². The second-order valence-corrected chi connectivity index (χ2v) is 6.73. The van der Waals surface area contributed by atoms with E-state index < -0.39 is 5.82 Å². The first kappa shape index (κ1) is 20.1. The molecule has 150 valence electrons. The van der Waals surface area contributed by atoms with Crippen molar-refractivity contribution in [2.24, 2.45) is 0 Å². The predicted molar refractivity (Wildman–Crippen MR) is 105 cm³/mol. The number of halogens is 2. The summed E-state index contributed by atoms with van der Waals surface area (Å²) in [5, 5.41) is 2.79. The summed E-state index contributed by atoms with van der Waals surface area (Å²) in [4.78, 5) is 16.4. The van der Waals surface area contributed by atoms with Crippen LogP contribution in [0.15, 0.2) is 48.5 Å². The molecule has 1 amide bonds. The van der Waals surface area contributed by atoms with Crippen molar-refractivity contribution in [1.82, 2.24) is 10.2 Å². The first-order chi connectivity index (χ1) is 13.6. The molecule has 0 spiro atoms. The van der Waals surface area contributed by atoms with Gasteiger partial charge in [0.05, 0.1) is 0 Å². The fraction of sp³-hybridized carbons (Fsp3) is 0.381. The van der Waals surface area contributed by atoms with Gasteiger partial charge in [-0.05, 0) is 49.4 Å². The van der Waals surface area contributed by atoms with Gasteiger partial charge < -0.3 is 15.0 Å². The Morgan fingerprint density at radius 3 is 2.43 bits per heavy atom. The molecule has 5 nitrogen and oxygen atoms in total. The third-order valence-electron chi connectivity index (χ3n) is 4.73. The molecule has 0 aliphatic carbocycles. The van der Waals surface area contributed by atoms with Crippen molar-refractivity contribution in [1.29, 1.82) is 0 Å². The van der Waals surface area contributed by atoms with Gasteiger partial charge in [0.25, 0.3) is 5.91 Å². The summed E-state index contributed by atoms with van der Waals surface area (Å²) in [6.45, 7) is 4.91. The number of nitrogens with zero attached hydrogens (tertiary/aromatic N) is 2. The molecule has 0 saturated carbocycles. The molecule has 0 unspecified atom stereocenters. The maximum absolute atomic E-state index is 13.4. The zero-order chi connectivity index (χ0) is 19.8. The maximum Gasteiger partial charge on any atom is 0.257 e. The molecule has 2 aromatic carbocycles. The molecule has 2 aromatic rings. The standard InChI is InChI=1S/C21H25F2N3O2/c22-17-6-8-18(9-7-17)26-14-12-25(13-15-26)11-3-10-24-21(27)16-28-20-5-2-1-4-19(20)23/h1-2,4-9H,3,10-16H2,(H,24,27). The number of hydrogen-bond donors (Lipinski definition) is 1. The van der Waals surface area contributed by atoms with E-state index in [1.165, 1.54) is 24.3 Å². The first-order valence-corrected chi connectivity index (χ1v) is 9.49. The fourth-order valence-corrected chi connectivity index (χ4v) is 3.17. The molecular formula is C21H25F2N3O2. The van der Waals surface area contributed by atoms with Gasteiger partial charge in [0, 0.05) is 38.4 Å². The number of carbonyl (C=O) groups excluding carboxylic acids is 1. The largest absolute Gasteiger partial charge is 0.481 e. The van der Waals surface area contributed by atoms with Crippen molar-refractivity contribution in [3.8, 4) is 5.75 Å². The van der Waals surface area contributed by atoms with Crippen LogP contribution in [0.25, 0.3) is 0 Å². The third kappa shape index (κ3) is 5.92. The number of benzene rings is 2. The van der Waals surface area contributed by atoms with Crippen molar-refractivity contribution in [3.05, 3.63) is 60.2 Å². The van der Waals surface area contributed by atoms with Gasteiger partial charge in [0.1, 0.15) is 5.82 Å². The molecule has 0 bridgehead atoms. The summed E-state index contributed by atoms with van der Waals surface area (Å²) in [5.74, 6) is -0.875. The Balaban J connectivity index is 1.28. The van der Waals surface area contributed by atoms with E-state index in [2.05, 4.69) is 15.1 Å². The molecular weight excluding hydrogens is 364 g/mol. The van der Waals surface area contributed by atoms with Gasteiger partial charge in [-0.2, -0.15) is 0 Å². The Morgan fingerprint density at radius 1 is 1.00 bits per heavy atom. The predicted octanol–water partition coefficient (Wildman–Crippen LogP) is 2.67. The number of amides is 1. The van der Waals surface area contributed by atoms with Gasteiger partial charge in [-0.1, -0.05) is 12.1 Å². The number of nitrogens with one attached hydrogen (secondary N) is 1. The number of anilines is 1. The molecule has 7 heteroatoms. The van der Waals surface area contributed by atoms with Crippen molar-refractivity contribution >= 4 is 11.6 Å². The van der Waals surface area contributed by atoms with Gasteiger partial charge in [-0.15, -0.1) is 0 Å². The SMILES string of the molecule is O=C(COc1ccccc1F)NCCCN1CCN(c2ccc(F)cc2)CC1. The molecule has 0 atom stereocenters. The van der Waals surface area contributed by atoms with Crippen LogP contribution in [0.1, 0.15) is 6.42 Å². The summed E-state index contributed by atoms with van der Waals surface area (Å²) < 4.78 is 31.6. The Hall–Kier alpha value is -2.67. The zero-order valence-electron chi connectivity index (χ0n) is 15.7. The van der Waals surface area contributed by atoms with Crippen molar-refractivity contribution in [3.63, 3.8) is 0 Å². The van der Waals surface area contributed by atoms with Gasteiger partial charge in [0.15, 0.2) is 18.2 Å². The van der Waals surface area contributed by atoms with E-state index in [4.69, 9.17) is 4.74 Å². The summed E-state index contributed by atoms with van der Waals surface area (Å²) in [6, 6.07) is 12.6. The van der Waals surface area contributed by atoms with E-state index >= 15 is 0 Å². The summed E-state index contributed by atoms with van der Waals surface area (Å²) >= 11 is 0. The molecule has 3 rings (SSSR count). The molecule has 1 saturated heterocycles. The van der Waals surface area contributed by atoms with Crippen LogP contribution in [-0.2, 0) is 4.79 Å². The topological polar surface area (TPSA) is 44.8 Å². The average Bonchev–Trinajstić information content (AvgIpc) is 2.72. The molecule has 1 heterocycles. The quantitative estimate of drug-likeness (QED) is 0.705. The molecule has 1 N–H and O–H groups in total. The van der Waals surface area contributed by atoms with E-state index in [9.17, 15) is 13.6 Å². The smallest absolute Gasteiger partial charge is 0.257 e. The van der Waals surface area contributed by atoms with Crippen LogP contribution >= 0.6 is 0 Å². The highest BCUT2D eigenvalue weighted by molar-refractivity contribution is 5.77. The molecule has 0 aromatic heterocycles. The number of carbonyl (C=O) groups is 1. The lowest BCUT2D eigenvalue weighted by atomic mass is 10.2. The van der Waals surface area contributed by atoms with Gasteiger partial charge in [-0.3, -0.25) is 9.69 Å². The number of piperazine rings is 1. The molecule has 1 fully saturated rings. The van der Waals surface area contributed by atoms with Crippen LogP contribution in [0, 0.1) is 11.6 Å². The lowest BCUT2D eigenvalue weighted by Gasteiger charge is -2.36. The Labute approximate surface area is 163 Å². The average molecular weight is 389 g/mol. The first-order valence-electron chi connectivity index (χ1n) is 9.49. The lowest BCUT2D eigenvalue weighted by Crippen LogP contribution is -2.47. The molecule has 0 radical (unpaired) electrons. The van der Waals surface area contributed by atoms with E-state index in [1.807, 2.05) is 12.1 Å². The fourth-order valence-electron chi connectivity index (χ4n) is 3.17. The van der Waals surface area contributed by atoms with Crippen LogP contribution in [0.4, 0.5) is 14.5 Å². The summed E-state index contributed by atoms with van der Waals surface area (Å²) in [7, 11) is 0. The number of ether oxygens (including phenoxy) is 1. The van der Waals surface area contributed by atoms with Gasteiger partial charge in [0.2, 0.25) is 0 Å². The van der Waals surface area contributed by atoms with Gasteiger partial charge in [-0.25, -0.2) is 8.78 Å². The normalized spacial score (nSPS) is 14.7. The monoisotopic (exact) mass is 389 g/mol. The molecule has 1 aliphatic heterocycles. The van der Waals surface area contributed by atoms with E-state index in [1.54, 1.807) is 12.1 Å². The van der Waals surface area contributed by atoms with Gasteiger partial charge >= 0.3 is 0 Å². The highest BCUT2D eigenvalue weighted by atomic mass is 19.1. The highest BCUT2D eigenvalue weighted by Crippen LogP contribution is 2.17. The molecule has 1 aliphatic rings. The van der Waals surface area contributed by atoms with Crippen LogP contribution in [0.3, 0.4) is 0 Å². The summed E-state index contributed by atoms with van der Waals surface area (Å²) in [6.07, 6.45) is 0.835. The molecule has 28 heavy (non-hydrogen) atoms. The van der Waals surface area contributed by atoms with Crippen molar-refractivity contribution in [2.75, 3.05) is 50.8 Å². The minimum absolute atomic E-state index is 0.0803. The van der Waals surface area contributed by atoms with E-state index in [0.29, 0.717) is 6.54 Å². The lowest BCUT2D eigenvalue weighted by molar-refractivity contribution is -0.123. The Morgan fingerprint density at radius 2 is 1.71 bits per heavy atom. The second kappa shape index (κ2) is 10.0. The maximum atomic E-state index is 13.4. The van der Waals surface area contributed by atoms with Crippen LogP contribution < -0.4 is 15.0 Å². The number of rotatable bonds is 8. The highest BCUT2D eigenvalue weighted by Gasteiger charge is 2.16. The zero-order valence-corrected chi connectivity index (χ0v) is 15.7. The number of para-hydroxylation sites is 1. The number of hydrogen-bond acceptors (Lipinski definition) is 4. The van der Waals surface area contributed by atoms with Crippen LogP contribution in [0.2, 0.25) is 0 Å². The van der Waals surface area contributed by atoms with Crippen LogP contribution in [-0.4, -0.2) is 56.7 Å². The third-order valence-corrected chi connectivity index (χ3v) is 4.73. The van der Waals surface area contributed by atoms with E-state index in [-0.39, 0.29) is 24.1 Å². The van der Waals surface area contributed by atoms with E-state index in [0.717, 1.165) is 44.8 Å². The second-order valence-electron chi connectivity index (χ2n) is 6.73. The minimum atomic E-state index is -0.477. The minimum Gasteiger partial charge on any atom is -0.481 e. The van der Waals surface area contributed by atoms with Crippen LogP contribution in [0.5, 0.6) is 5.75 Å².